The summed E-state index contributed by atoms with van der Waals surface area (Å²) in [4.78, 5) is 32.7. The molecule has 0 aromatic heterocycles. The van der Waals surface area contributed by atoms with Gasteiger partial charge in [0.1, 0.15) is 5.60 Å². The molecule has 0 bridgehead atoms. The molecule has 10 heteroatoms. The number of likely N-dealkylation sites (N-methyl/N-ethyl adjacent to an activating group) is 1. The third-order valence-corrected chi connectivity index (χ3v) is 7.85. The number of alkyl carbamates (subject to hydrolysis) is 1. The first kappa shape index (κ1) is 26.4. The first-order valence-electron chi connectivity index (χ1n) is 12.2. The summed E-state index contributed by atoms with van der Waals surface area (Å²) < 4.78 is 51.7. The number of carbonyl (C=O) groups is 2. The van der Waals surface area contributed by atoms with Gasteiger partial charge < -0.3 is 9.47 Å². The number of hydrogen-bond donors (Lipinski definition) is 1. The molecule has 0 saturated heterocycles. The predicted molar refractivity (Wildman–Crippen MR) is 128 cm³/mol. The van der Waals surface area contributed by atoms with Gasteiger partial charge in [-0.2, -0.15) is 13.2 Å². The van der Waals surface area contributed by atoms with Gasteiger partial charge in [-0.1, -0.05) is 18.2 Å². The van der Waals surface area contributed by atoms with Crippen LogP contribution in [0.1, 0.15) is 76.0 Å². The number of nitrogens with one attached hydrogen (secondary N) is 1. The molecule has 4 rings (SSSR count). The zero-order valence-corrected chi connectivity index (χ0v) is 21.6. The highest BCUT2D eigenvalue weighted by Crippen LogP contribution is 2.62. The molecule has 1 saturated carbocycles. The van der Waals surface area contributed by atoms with E-state index in [-0.39, 0.29) is 23.5 Å². The molecule has 1 heterocycles. The number of hydrogen-bond acceptors (Lipinski definition) is 5. The van der Waals surface area contributed by atoms with E-state index in [4.69, 9.17) is 14.5 Å². The minimum atomic E-state index is -4.42. The maximum Gasteiger partial charge on any atom is 0.414 e. The Balaban J connectivity index is 1.83. The third kappa shape index (κ3) is 4.27. The fraction of sp³-hybridized carbons (Fsp3) is 0.654. The van der Waals surface area contributed by atoms with Gasteiger partial charge in [0, 0.05) is 19.6 Å². The summed E-state index contributed by atoms with van der Waals surface area (Å²) >= 11 is 0. The van der Waals surface area contributed by atoms with E-state index in [0.717, 1.165) is 12.5 Å². The highest BCUT2D eigenvalue weighted by Gasteiger charge is 2.66. The lowest BCUT2D eigenvalue weighted by Crippen LogP contribution is -2.51. The summed E-state index contributed by atoms with van der Waals surface area (Å²) in [6, 6.07) is 4.70. The molecular formula is C26H34F3N3O4. The van der Waals surface area contributed by atoms with E-state index in [2.05, 4.69) is 5.32 Å². The van der Waals surface area contributed by atoms with Gasteiger partial charge in [-0.25, -0.2) is 9.79 Å². The number of fused-ring (bicyclic) bond motifs is 3. The van der Waals surface area contributed by atoms with Crippen LogP contribution in [-0.2, 0) is 26.2 Å². The van der Waals surface area contributed by atoms with Crippen molar-refractivity contribution in [3.63, 3.8) is 0 Å². The van der Waals surface area contributed by atoms with Crippen LogP contribution in [-0.4, -0.2) is 54.9 Å². The molecule has 3 aliphatic rings. The molecule has 2 aliphatic carbocycles. The summed E-state index contributed by atoms with van der Waals surface area (Å²) in [5.41, 5.74) is -1.43. The first-order chi connectivity index (χ1) is 16.6. The SMILES string of the molecule is COC1CCC2(CC1)Cc1ccc(C(C)C(F)(F)F)cc1C21N=C(NC(=O)OC(C)(C)C)N(C)C1=O. The number of guanidine groups is 1. The molecule has 1 aliphatic heterocycles. The van der Waals surface area contributed by atoms with Gasteiger partial charge in [-0.05, 0) is 76.5 Å². The number of alkyl halides is 3. The molecule has 2 unspecified atom stereocenters. The fourth-order valence-corrected chi connectivity index (χ4v) is 5.89. The summed E-state index contributed by atoms with van der Waals surface area (Å²) in [6.07, 6.45) is -1.96. The van der Waals surface area contributed by atoms with Crippen LogP contribution in [0.15, 0.2) is 23.2 Å². The molecule has 7 nitrogen and oxygen atoms in total. The lowest BCUT2D eigenvalue weighted by molar-refractivity contribution is -0.146. The van der Waals surface area contributed by atoms with Crippen molar-refractivity contribution in [3.05, 3.63) is 34.9 Å². The molecular weight excluding hydrogens is 475 g/mol. The zero-order valence-electron chi connectivity index (χ0n) is 21.6. The molecule has 0 radical (unpaired) electrons. The Kier molecular flexibility index (Phi) is 6.42. The van der Waals surface area contributed by atoms with Crippen molar-refractivity contribution in [2.45, 2.75) is 89.1 Å². The summed E-state index contributed by atoms with van der Waals surface area (Å²) in [6.45, 7) is 6.28. The van der Waals surface area contributed by atoms with Crippen molar-refractivity contribution in [1.29, 1.82) is 0 Å². The van der Waals surface area contributed by atoms with Gasteiger partial charge in [0.05, 0.1) is 12.0 Å². The minimum absolute atomic E-state index is 0.0320. The average Bonchev–Trinajstić information content (AvgIpc) is 3.18. The Bertz CT molecular complexity index is 1090. The highest BCUT2D eigenvalue weighted by atomic mass is 19.4. The molecule has 2 atom stereocenters. The Morgan fingerprint density at radius 1 is 1.22 bits per heavy atom. The number of nitrogens with zero attached hydrogens (tertiary/aromatic N) is 2. The largest absolute Gasteiger partial charge is 0.444 e. The van der Waals surface area contributed by atoms with Crippen LogP contribution >= 0.6 is 0 Å². The van der Waals surface area contributed by atoms with E-state index in [9.17, 15) is 22.8 Å². The smallest absolute Gasteiger partial charge is 0.414 e. The molecule has 36 heavy (non-hydrogen) atoms. The van der Waals surface area contributed by atoms with E-state index >= 15 is 0 Å². The summed E-state index contributed by atoms with van der Waals surface area (Å²) in [5.74, 6) is -2.03. The molecule has 1 aromatic rings. The monoisotopic (exact) mass is 509 g/mol. The van der Waals surface area contributed by atoms with E-state index in [1.54, 1.807) is 33.9 Å². The Labute approximate surface area is 209 Å². The number of carbonyl (C=O) groups excluding carboxylic acids is 2. The Morgan fingerprint density at radius 2 is 1.86 bits per heavy atom. The number of rotatable bonds is 2. The van der Waals surface area contributed by atoms with E-state index in [0.29, 0.717) is 37.7 Å². The van der Waals surface area contributed by atoms with Crippen molar-refractivity contribution in [2.24, 2.45) is 10.4 Å². The lowest BCUT2D eigenvalue weighted by Gasteiger charge is -2.45. The van der Waals surface area contributed by atoms with Crippen molar-refractivity contribution < 1.29 is 32.2 Å². The fourth-order valence-electron chi connectivity index (χ4n) is 5.89. The van der Waals surface area contributed by atoms with Crippen molar-refractivity contribution in [2.75, 3.05) is 14.2 Å². The highest BCUT2D eigenvalue weighted by molar-refractivity contribution is 6.12. The van der Waals surface area contributed by atoms with Crippen LogP contribution in [0.5, 0.6) is 0 Å². The van der Waals surface area contributed by atoms with Crippen LogP contribution < -0.4 is 5.32 Å². The van der Waals surface area contributed by atoms with E-state index in [1.165, 1.54) is 24.1 Å². The maximum atomic E-state index is 14.0. The lowest BCUT2D eigenvalue weighted by atomic mass is 9.61. The number of halogens is 3. The van der Waals surface area contributed by atoms with Gasteiger partial charge in [-0.3, -0.25) is 15.0 Å². The van der Waals surface area contributed by atoms with Crippen LogP contribution in [0.4, 0.5) is 18.0 Å². The van der Waals surface area contributed by atoms with E-state index in [1.807, 2.05) is 0 Å². The van der Waals surface area contributed by atoms with Crippen LogP contribution in [0.2, 0.25) is 0 Å². The number of ether oxygens (including phenoxy) is 2. The van der Waals surface area contributed by atoms with Crippen molar-refractivity contribution in [1.82, 2.24) is 10.2 Å². The van der Waals surface area contributed by atoms with Gasteiger partial charge in [-0.15, -0.1) is 0 Å². The number of benzene rings is 1. The van der Waals surface area contributed by atoms with Crippen LogP contribution in [0.25, 0.3) is 0 Å². The zero-order chi connectivity index (χ0) is 26.7. The molecule has 2 amide bonds. The first-order valence-corrected chi connectivity index (χ1v) is 12.2. The Hall–Kier alpha value is -2.62. The molecule has 1 aromatic carbocycles. The number of methoxy groups -OCH3 is 1. The minimum Gasteiger partial charge on any atom is -0.444 e. The van der Waals surface area contributed by atoms with Crippen LogP contribution in [0.3, 0.4) is 0 Å². The molecule has 1 fully saturated rings. The van der Waals surface area contributed by atoms with Gasteiger partial charge in [0.15, 0.2) is 5.54 Å². The summed E-state index contributed by atoms with van der Waals surface area (Å²) in [5, 5.41) is 2.59. The maximum absolute atomic E-state index is 14.0. The second kappa shape index (κ2) is 8.75. The third-order valence-electron chi connectivity index (χ3n) is 7.85. The standard InChI is InChI=1S/C26H34F3N3O4/c1-15(26(27,28)29)16-7-8-17-14-24(11-9-18(35-6)10-12-24)25(19(17)13-16)20(33)32(5)21(31-25)30-22(34)36-23(2,3)4/h7-8,13,15,18H,9-12,14H2,1-6H3,(H,30,31,34). The van der Waals surface area contributed by atoms with Gasteiger partial charge in [0.2, 0.25) is 5.96 Å². The predicted octanol–water partition coefficient (Wildman–Crippen LogP) is 5.03. The quantitative estimate of drug-likeness (QED) is 0.606. The second-order valence-corrected chi connectivity index (χ2v) is 11.2. The van der Waals surface area contributed by atoms with Crippen molar-refractivity contribution >= 4 is 18.0 Å². The molecule has 198 valence electrons. The molecule has 2 spiro atoms. The average molecular weight is 510 g/mol. The second-order valence-electron chi connectivity index (χ2n) is 11.2. The summed E-state index contributed by atoms with van der Waals surface area (Å²) in [7, 11) is 3.17. The van der Waals surface area contributed by atoms with Crippen LogP contribution in [0, 0.1) is 5.41 Å². The van der Waals surface area contributed by atoms with Gasteiger partial charge in [0.25, 0.3) is 5.91 Å². The van der Waals surface area contributed by atoms with Crippen molar-refractivity contribution in [3.8, 4) is 0 Å². The number of amides is 2. The van der Waals surface area contributed by atoms with Gasteiger partial charge >= 0.3 is 12.3 Å². The normalized spacial score (nSPS) is 28.9. The Morgan fingerprint density at radius 3 is 2.42 bits per heavy atom. The topological polar surface area (TPSA) is 80.2 Å². The molecule has 1 N–H and O–H groups in total. The van der Waals surface area contributed by atoms with E-state index < -0.39 is 34.7 Å². The number of aliphatic imine (C=N–C) groups is 1.